The highest BCUT2D eigenvalue weighted by Gasteiger charge is 2.19. The normalized spacial score (nSPS) is 10.1. The lowest BCUT2D eigenvalue weighted by Gasteiger charge is -2.03. The second-order valence-electron chi connectivity index (χ2n) is 2.14. The molecule has 0 fully saturated rings. The van der Waals surface area contributed by atoms with E-state index in [2.05, 4.69) is 0 Å². The van der Waals surface area contributed by atoms with E-state index in [4.69, 9.17) is 33.2 Å². The molecule has 2 N–H and O–H groups in total. The third-order valence-corrected chi connectivity index (χ3v) is 2.02. The SMILES string of the molecule is OB(O)c1ccc(Cl)c(F)c1Cl. The van der Waals surface area contributed by atoms with Crippen molar-refractivity contribution >= 4 is 35.8 Å². The van der Waals surface area contributed by atoms with Gasteiger partial charge in [0.2, 0.25) is 0 Å². The van der Waals surface area contributed by atoms with Gasteiger partial charge in [0.15, 0.2) is 5.82 Å². The molecule has 6 heteroatoms. The molecule has 0 saturated heterocycles. The Hall–Kier alpha value is -0.285. The predicted molar refractivity (Wildman–Crippen MR) is 46.2 cm³/mol. The van der Waals surface area contributed by atoms with Crippen LogP contribution in [-0.2, 0) is 0 Å². The molecule has 0 saturated carbocycles. The summed E-state index contributed by atoms with van der Waals surface area (Å²) in [5.74, 6) is -0.844. The van der Waals surface area contributed by atoms with Gasteiger partial charge in [-0.25, -0.2) is 4.39 Å². The largest absolute Gasteiger partial charge is 0.490 e. The summed E-state index contributed by atoms with van der Waals surface area (Å²) in [6.45, 7) is 0. The van der Waals surface area contributed by atoms with Crippen LogP contribution in [0.2, 0.25) is 10.0 Å². The monoisotopic (exact) mass is 208 g/mol. The fourth-order valence-corrected chi connectivity index (χ4v) is 1.21. The van der Waals surface area contributed by atoms with Gasteiger partial charge in [0.1, 0.15) is 0 Å². The standard InChI is InChI=1S/C6H4BCl2FO2/c8-4-2-1-3(7(11)12)5(9)6(4)10/h1-2,11-12H. The molecule has 0 spiro atoms. The van der Waals surface area contributed by atoms with E-state index < -0.39 is 12.9 Å². The Morgan fingerprint density at radius 1 is 1.25 bits per heavy atom. The van der Waals surface area contributed by atoms with Crippen LogP contribution in [0.5, 0.6) is 0 Å². The number of rotatable bonds is 1. The molecule has 2 nitrogen and oxygen atoms in total. The van der Waals surface area contributed by atoms with Gasteiger partial charge < -0.3 is 10.0 Å². The third kappa shape index (κ3) is 1.72. The second-order valence-corrected chi connectivity index (χ2v) is 2.92. The number of benzene rings is 1. The van der Waals surface area contributed by atoms with Gasteiger partial charge in [-0.1, -0.05) is 29.3 Å². The zero-order valence-electron chi connectivity index (χ0n) is 5.76. The average molecular weight is 209 g/mol. The zero-order valence-corrected chi connectivity index (χ0v) is 7.27. The first-order valence-corrected chi connectivity index (χ1v) is 3.79. The fraction of sp³-hybridized carbons (Fsp3) is 0. The first-order chi connectivity index (χ1) is 5.54. The smallest absolute Gasteiger partial charge is 0.423 e. The maximum absolute atomic E-state index is 12.9. The van der Waals surface area contributed by atoms with Crippen molar-refractivity contribution in [1.82, 2.24) is 0 Å². The van der Waals surface area contributed by atoms with Crippen molar-refractivity contribution in [2.24, 2.45) is 0 Å². The lowest BCUT2D eigenvalue weighted by atomic mass is 9.80. The predicted octanol–water partition coefficient (Wildman–Crippen LogP) is 0.812. The van der Waals surface area contributed by atoms with Gasteiger partial charge in [-0.15, -0.1) is 0 Å². The molecule has 0 radical (unpaired) electrons. The van der Waals surface area contributed by atoms with E-state index in [0.29, 0.717) is 0 Å². The summed E-state index contributed by atoms with van der Waals surface area (Å²) in [7, 11) is -1.79. The van der Waals surface area contributed by atoms with Crippen molar-refractivity contribution in [3.05, 3.63) is 28.0 Å². The Labute approximate surface area is 78.7 Å². The summed E-state index contributed by atoms with van der Waals surface area (Å²) in [6, 6.07) is 2.45. The van der Waals surface area contributed by atoms with E-state index in [0.717, 1.165) is 0 Å². The van der Waals surface area contributed by atoms with Crippen LogP contribution in [0.3, 0.4) is 0 Å². The fourth-order valence-electron chi connectivity index (χ4n) is 0.740. The van der Waals surface area contributed by atoms with E-state index >= 15 is 0 Å². The van der Waals surface area contributed by atoms with Crippen LogP contribution >= 0.6 is 23.2 Å². The Bertz CT molecular complexity index is 306. The van der Waals surface area contributed by atoms with Gasteiger partial charge in [0, 0.05) is 5.46 Å². The van der Waals surface area contributed by atoms with Crippen molar-refractivity contribution in [1.29, 1.82) is 0 Å². The molecule has 0 aromatic heterocycles. The number of hydrogen-bond donors (Lipinski definition) is 2. The molecule has 0 atom stereocenters. The van der Waals surface area contributed by atoms with Crippen molar-refractivity contribution in [2.75, 3.05) is 0 Å². The van der Waals surface area contributed by atoms with Crippen LogP contribution < -0.4 is 5.46 Å². The highest BCUT2D eigenvalue weighted by Crippen LogP contribution is 2.20. The van der Waals surface area contributed by atoms with Crippen molar-refractivity contribution in [3.63, 3.8) is 0 Å². The first kappa shape index (κ1) is 9.80. The van der Waals surface area contributed by atoms with Gasteiger partial charge >= 0.3 is 7.12 Å². The summed E-state index contributed by atoms with van der Waals surface area (Å²) in [5.41, 5.74) is -0.0985. The first-order valence-electron chi connectivity index (χ1n) is 3.03. The van der Waals surface area contributed by atoms with Gasteiger partial charge in [-0.05, 0) is 6.07 Å². The molecule has 0 aliphatic carbocycles. The minimum atomic E-state index is -1.79. The molecule has 0 aliphatic rings. The molecular formula is C6H4BCl2FO2. The van der Waals surface area contributed by atoms with Crippen LogP contribution in [0.25, 0.3) is 0 Å². The third-order valence-electron chi connectivity index (χ3n) is 1.34. The lowest BCUT2D eigenvalue weighted by Crippen LogP contribution is -2.31. The van der Waals surface area contributed by atoms with Crippen LogP contribution in [0, 0.1) is 5.82 Å². The maximum Gasteiger partial charge on any atom is 0.490 e. The van der Waals surface area contributed by atoms with Crippen LogP contribution in [0.1, 0.15) is 0 Å². The zero-order chi connectivity index (χ0) is 9.30. The molecule has 1 rings (SSSR count). The van der Waals surface area contributed by atoms with Crippen LogP contribution in [0.15, 0.2) is 12.1 Å². The van der Waals surface area contributed by atoms with E-state index in [9.17, 15) is 4.39 Å². The molecule has 12 heavy (non-hydrogen) atoms. The number of halogens is 3. The molecule has 0 amide bonds. The average Bonchev–Trinajstić information content (AvgIpc) is 2.00. The van der Waals surface area contributed by atoms with E-state index in [1.165, 1.54) is 12.1 Å². The van der Waals surface area contributed by atoms with E-state index in [1.807, 2.05) is 0 Å². The van der Waals surface area contributed by atoms with E-state index in [-0.39, 0.29) is 15.5 Å². The summed E-state index contributed by atoms with van der Waals surface area (Å²) >= 11 is 10.8. The molecule has 1 aromatic rings. The summed E-state index contributed by atoms with van der Waals surface area (Å²) in [5, 5.41) is 16.9. The number of hydrogen-bond acceptors (Lipinski definition) is 2. The minimum absolute atomic E-state index is 0.0985. The maximum atomic E-state index is 12.9. The highest BCUT2D eigenvalue weighted by atomic mass is 35.5. The minimum Gasteiger partial charge on any atom is -0.423 e. The quantitative estimate of drug-likeness (QED) is 0.530. The highest BCUT2D eigenvalue weighted by molar-refractivity contribution is 6.62. The van der Waals surface area contributed by atoms with Crippen LogP contribution in [0.4, 0.5) is 4.39 Å². The Balaban J connectivity index is 3.27. The summed E-state index contributed by atoms with van der Waals surface area (Å²) in [6.07, 6.45) is 0. The van der Waals surface area contributed by atoms with Crippen molar-refractivity contribution in [3.8, 4) is 0 Å². The van der Waals surface area contributed by atoms with Crippen molar-refractivity contribution in [2.45, 2.75) is 0 Å². The topological polar surface area (TPSA) is 40.5 Å². The van der Waals surface area contributed by atoms with Crippen molar-refractivity contribution < 1.29 is 14.4 Å². The van der Waals surface area contributed by atoms with Crippen LogP contribution in [-0.4, -0.2) is 17.2 Å². The molecule has 0 aliphatic heterocycles. The van der Waals surface area contributed by atoms with Gasteiger partial charge in [0.05, 0.1) is 10.0 Å². The van der Waals surface area contributed by atoms with Gasteiger partial charge in [0.25, 0.3) is 0 Å². The molecule has 0 unspecified atom stereocenters. The summed E-state index contributed by atoms with van der Waals surface area (Å²) < 4.78 is 12.9. The molecule has 1 aromatic carbocycles. The molecule has 64 valence electrons. The van der Waals surface area contributed by atoms with Gasteiger partial charge in [-0.2, -0.15) is 0 Å². The molecular weight excluding hydrogens is 205 g/mol. The van der Waals surface area contributed by atoms with E-state index in [1.54, 1.807) is 0 Å². The Morgan fingerprint density at radius 2 is 1.83 bits per heavy atom. The Morgan fingerprint density at radius 3 is 2.33 bits per heavy atom. The Kier molecular flexibility index (Phi) is 2.96. The molecule has 0 bridgehead atoms. The van der Waals surface area contributed by atoms with Gasteiger partial charge in [-0.3, -0.25) is 0 Å². The molecule has 0 heterocycles. The summed E-state index contributed by atoms with van der Waals surface area (Å²) in [4.78, 5) is 0. The second kappa shape index (κ2) is 3.62. The lowest BCUT2D eigenvalue weighted by molar-refractivity contribution is 0.425.